The van der Waals surface area contributed by atoms with Gasteiger partial charge in [0.05, 0.1) is 11.9 Å². The van der Waals surface area contributed by atoms with Crippen LogP contribution in [0.15, 0.2) is 48.5 Å². The lowest BCUT2D eigenvalue weighted by atomic mass is 10.1. The number of amides is 2. The van der Waals surface area contributed by atoms with Gasteiger partial charge in [-0.25, -0.2) is 12.8 Å². The first kappa shape index (κ1) is 28.6. The molecule has 35 heavy (non-hydrogen) atoms. The monoisotopic (exact) mass is 525 g/mol. The van der Waals surface area contributed by atoms with E-state index in [-0.39, 0.29) is 49.4 Å². The summed E-state index contributed by atoms with van der Waals surface area (Å²) in [6.07, 6.45) is 1.13. The molecule has 2 aromatic rings. The molecule has 2 aromatic carbocycles. The van der Waals surface area contributed by atoms with Crippen LogP contribution in [0.4, 0.5) is 10.1 Å². The fourth-order valence-electron chi connectivity index (χ4n) is 3.46. The van der Waals surface area contributed by atoms with Crippen LogP contribution in [0.5, 0.6) is 0 Å². The van der Waals surface area contributed by atoms with Gasteiger partial charge in [0.2, 0.25) is 21.8 Å². The molecule has 7 nitrogen and oxygen atoms in total. The predicted octanol–water partition coefficient (Wildman–Crippen LogP) is 4.21. The highest BCUT2D eigenvalue weighted by atomic mass is 35.5. The van der Waals surface area contributed by atoms with Crippen LogP contribution >= 0.6 is 11.6 Å². The molecule has 2 rings (SSSR count). The van der Waals surface area contributed by atoms with Gasteiger partial charge in [0.1, 0.15) is 11.9 Å². The normalized spacial score (nSPS) is 12.3. The maximum atomic E-state index is 14.2. The van der Waals surface area contributed by atoms with Crippen molar-refractivity contribution in [2.24, 2.45) is 5.92 Å². The first-order valence-electron chi connectivity index (χ1n) is 11.4. The fourth-order valence-corrected chi connectivity index (χ4v) is 4.55. The predicted molar refractivity (Wildman–Crippen MR) is 137 cm³/mol. The number of rotatable bonds is 12. The van der Waals surface area contributed by atoms with Crippen molar-refractivity contribution < 1.29 is 22.4 Å². The van der Waals surface area contributed by atoms with Crippen LogP contribution in [-0.4, -0.2) is 50.5 Å². The topological polar surface area (TPSA) is 86.8 Å². The van der Waals surface area contributed by atoms with E-state index in [0.717, 1.165) is 16.1 Å². The second-order valence-corrected chi connectivity index (χ2v) is 11.2. The van der Waals surface area contributed by atoms with Gasteiger partial charge in [-0.3, -0.25) is 13.9 Å². The number of benzene rings is 2. The molecule has 0 aliphatic carbocycles. The minimum Gasteiger partial charge on any atom is -0.354 e. The van der Waals surface area contributed by atoms with E-state index in [1.807, 2.05) is 13.8 Å². The third-order valence-corrected chi connectivity index (χ3v) is 6.82. The van der Waals surface area contributed by atoms with E-state index in [0.29, 0.717) is 11.6 Å². The minimum absolute atomic E-state index is 0.0180. The number of hydrogen-bond acceptors (Lipinski definition) is 4. The number of hydrogen-bond donors (Lipinski definition) is 1. The number of anilines is 1. The zero-order valence-corrected chi connectivity index (χ0v) is 22.1. The average molecular weight is 526 g/mol. The molecule has 0 aliphatic heterocycles. The van der Waals surface area contributed by atoms with Crippen molar-refractivity contribution in [3.63, 3.8) is 0 Å². The smallest absolute Gasteiger partial charge is 0.242 e. The van der Waals surface area contributed by atoms with Crippen LogP contribution in [0.3, 0.4) is 0 Å². The molecule has 0 fully saturated rings. The summed E-state index contributed by atoms with van der Waals surface area (Å²) in [5, 5.41) is 3.41. The number of halogens is 2. The van der Waals surface area contributed by atoms with Crippen LogP contribution < -0.4 is 9.62 Å². The SMILES string of the molecule is CC(C)CNC(=O)[C@H](C)N(Cc1ccc(Cl)cc1)C(=O)CCCN(c1ccccc1F)S(C)(=O)=O. The van der Waals surface area contributed by atoms with Crippen molar-refractivity contribution in [2.45, 2.75) is 46.2 Å². The molecule has 0 saturated heterocycles. The van der Waals surface area contributed by atoms with Crippen LogP contribution in [0, 0.1) is 11.7 Å². The van der Waals surface area contributed by atoms with E-state index in [9.17, 15) is 22.4 Å². The maximum absolute atomic E-state index is 14.2. The molecule has 0 aromatic heterocycles. The van der Waals surface area contributed by atoms with Gasteiger partial charge in [0, 0.05) is 31.1 Å². The second-order valence-electron chi connectivity index (χ2n) is 8.85. The molecule has 10 heteroatoms. The number of carbonyl (C=O) groups excluding carboxylic acids is 2. The molecule has 0 heterocycles. The van der Waals surface area contributed by atoms with Crippen molar-refractivity contribution in [3.05, 3.63) is 64.9 Å². The molecule has 2 amide bonds. The highest BCUT2D eigenvalue weighted by Gasteiger charge is 2.27. The van der Waals surface area contributed by atoms with Gasteiger partial charge in [0.25, 0.3) is 0 Å². The highest BCUT2D eigenvalue weighted by molar-refractivity contribution is 7.92. The molecule has 0 bridgehead atoms. The standard InChI is InChI=1S/C25H33ClFN3O4S/c1-18(2)16-28-25(32)19(3)29(17-20-11-13-21(26)14-12-20)24(31)10-7-15-30(35(4,33)34)23-9-6-5-8-22(23)27/h5-6,8-9,11-14,18-19H,7,10,15-17H2,1-4H3,(H,28,32)/t19-/m0/s1. The van der Waals surface area contributed by atoms with Crippen LogP contribution in [0.25, 0.3) is 0 Å². The van der Waals surface area contributed by atoms with Gasteiger partial charge in [-0.15, -0.1) is 0 Å². The summed E-state index contributed by atoms with van der Waals surface area (Å²) < 4.78 is 39.8. The molecule has 0 saturated carbocycles. The maximum Gasteiger partial charge on any atom is 0.242 e. The third kappa shape index (κ3) is 8.81. The molecule has 0 radical (unpaired) electrons. The van der Waals surface area contributed by atoms with E-state index in [2.05, 4.69) is 5.32 Å². The zero-order valence-electron chi connectivity index (χ0n) is 20.5. The first-order chi connectivity index (χ1) is 16.4. The second kappa shape index (κ2) is 12.9. The van der Waals surface area contributed by atoms with E-state index in [1.54, 1.807) is 37.3 Å². The Morgan fingerprint density at radius 1 is 1.06 bits per heavy atom. The Hall–Kier alpha value is -2.65. The van der Waals surface area contributed by atoms with Gasteiger partial charge in [-0.2, -0.15) is 0 Å². The summed E-state index contributed by atoms with van der Waals surface area (Å²) in [5.41, 5.74) is 0.734. The van der Waals surface area contributed by atoms with Crippen molar-refractivity contribution >= 4 is 39.1 Å². The largest absolute Gasteiger partial charge is 0.354 e. The van der Waals surface area contributed by atoms with Gasteiger partial charge in [-0.05, 0) is 49.1 Å². The van der Waals surface area contributed by atoms with Gasteiger partial charge < -0.3 is 10.2 Å². The van der Waals surface area contributed by atoms with Crippen molar-refractivity contribution in [1.82, 2.24) is 10.2 Å². The molecule has 0 spiro atoms. The Morgan fingerprint density at radius 2 is 1.69 bits per heavy atom. The van der Waals surface area contributed by atoms with E-state index < -0.39 is 21.9 Å². The van der Waals surface area contributed by atoms with E-state index in [1.165, 1.54) is 23.1 Å². The number of nitrogens with one attached hydrogen (secondary N) is 1. The Labute approximate surface area is 212 Å². The molecular formula is C25H33ClFN3O4S. The summed E-state index contributed by atoms with van der Waals surface area (Å²) >= 11 is 5.97. The summed E-state index contributed by atoms with van der Waals surface area (Å²) in [7, 11) is -3.76. The summed E-state index contributed by atoms with van der Waals surface area (Å²) in [4.78, 5) is 27.4. The number of nitrogens with zero attached hydrogens (tertiary/aromatic N) is 2. The highest BCUT2D eigenvalue weighted by Crippen LogP contribution is 2.22. The van der Waals surface area contributed by atoms with E-state index >= 15 is 0 Å². The Bertz CT molecular complexity index is 1110. The fraction of sp³-hybridized carbons (Fsp3) is 0.440. The van der Waals surface area contributed by atoms with Crippen LogP contribution in [0.2, 0.25) is 5.02 Å². The molecule has 192 valence electrons. The number of carbonyl (C=O) groups is 2. The molecular weight excluding hydrogens is 493 g/mol. The Balaban J connectivity index is 2.16. The van der Waals surface area contributed by atoms with E-state index in [4.69, 9.17) is 11.6 Å². The van der Waals surface area contributed by atoms with Crippen molar-refractivity contribution in [3.8, 4) is 0 Å². The number of sulfonamides is 1. The molecule has 0 unspecified atom stereocenters. The average Bonchev–Trinajstić information content (AvgIpc) is 2.79. The quantitative estimate of drug-likeness (QED) is 0.449. The Morgan fingerprint density at radius 3 is 2.26 bits per heavy atom. The lowest BCUT2D eigenvalue weighted by Gasteiger charge is -2.29. The molecule has 1 N–H and O–H groups in total. The van der Waals surface area contributed by atoms with Crippen LogP contribution in [-0.2, 0) is 26.2 Å². The number of para-hydroxylation sites is 1. The summed E-state index contributed by atoms with van der Waals surface area (Å²) in [6, 6.07) is 11.8. The van der Waals surface area contributed by atoms with Gasteiger partial charge in [0.15, 0.2) is 0 Å². The summed E-state index contributed by atoms with van der Waals surface area (Å²) in [6.45, 7) is 6.21. The van der Waals surface area contributed by atoms with Gasteiger partial charge >= 0.3 is 0 Å². The van der Waals surface area contributed by atoms with Crippen molar-refractivity contribution in [1.29, 1.82) is 0 Å². The molecule has 1 atom stereocenters. The third-order valence-electron chi connectivity index (χ3n) is 5.39. The van der Waals surface area contributed by atoms with Crippen LogP contribution in [0.1, 0.15) is 39.2 Å². The summed E-state index contributed by atoms with van der Waals surface area (Å²) in [5.74, 6) is -0.991. The Kier molecular flexibility index (Phi) is 10.5. The lowest BCUT2D eigenvalue weighted by Crippen LogP contribution is -2.48. The lowest BCUT2D eigenvalue weighted by molar-refractivity contribution is -0.140. The van der Waals surface area contributed by atoms with Crippen molar-refractivity contribution in [2.75, 3.05) is 23.7 Å². The molecule has 0 aliphatic rings. The first-order valence-corrected chi connectivity index (χ1v) is 13.7. The van der Waals surface area contributed by atoms with Gasteiger partial charge in [-0.1, -0.05) is 49.7 Å². The minimum atomic E-state index is -3.76. The zero-order chi connectivity index (χ0) is 26.2.